The molecule has 3 heterocycles. The van der Waals surface area contributed by atoms with Crippen molar-refractivity contribution in [3.05, 3.63) is 54.5 Å². The van der Waals surface area contributed by atoms with Gasteiger partial charge in [-0.2, -0.15) is 0 Å². The van der Waals surface area contributed by atoms with E-state index in [1.807, 2.05) is 0 Å². The lowest BCUT2D eigenvalue weighted by Crippen LogP contribution is -2.43. The quantitative estimate of drug-likeness (QED) is 0.669. The monoisotopic (exact) mass is 340 g/mol. The third kappa shape index (κ3) is 2.27. The number of carbonyl (C=O) groups is 3. The lowest BCUT2D eigenvalue weighted by atomic mass is 9.88. The second-order valence-electron chi connectivity index (χ2n) is 6.06. The summed E-state index contributed by atoms with van der Waals surface area (Å²) in [6.07, 6.45) is 1.49. The Morgan fingerprint density at radius 1 is 1.08 bits per heavy atom. The van der Waals surface area contributed by atoms with Crippen LogP contribution in [-0.4, -0.2) is 30.9 Å². The Kier molecular flexibility index (Phi) is 3.65. The predicted molar refractivity (Wildman–Crippen MR) is 86.3 cm³/mol. The minimum absolute atomic E-state index is 0.346. The van der Waals surface area contributed by atoms with Crippen molar-refractivity contribution in [3.63, 3.8) is 0 Å². The summed E-state index contributed by atoms with van der Waals surface area (Å²) in [5.41, 5.74) is 0.494. The highest BCUT2D eigenvalue weighted by molar-refractivity contribution is 6.23. The molecule has 2 aliphatic heterocycles. The zero-order valence-corrected chi connectivity index (χ0v) is 13.4. The van der Waals surface area contributed by atoms with Crippen LogP contribution >= 0.6 is 0 Å². The van der Waals surface area contributed by atoms with Gasteiger partial charge in [-0.15, -0.1) is 0 Å². The van der Waals surface area contributed by atoms with Crippen LogP contribution < -0.4 is 10.2 Å². The molecule has 7 heteroatoms. The van der Waals surface area contributed by atoms with Gasteiger partial charge < -0.3 is 9.15 Å². The smallest absolute Gasteiger partial charge is 0.323 e. The molecule has 2 aromatic rings. The summed E-state index contributed by atoms with van der Waals surface area (Å²) >= 11 is 0. The molecule has 2 fully saturated rings. The normalized spacial score (nSPS) is 28.3. The lowest BCUT2D eigenvalue weighted by Gasteiger charge is -2.20. The van der Waals surface area contributed by atoms with E-state index in [-0.39, 0.29) is 5.91 Å². The molecule has 0 bridgehead atoms. The van der Waals surface area contributed by atoms with Crippen molar-refractivity contribution >= 4 is 23.5 Å². The van der Waals surface area contributed by atoms with Crippen LogP contribution in [0.15, 0.2) is 53.1 Å². The molecule has 1 aromatic heterocycles. The molecule has 2 amide bonds. The maximum Gasteiger partial charge on any atom is 0.323 e. The van der Waals surface area contributed by atoms with Gasteiger partial charge in [-0.25, -0.2) is 4.90 Å². The predicted octanol–water partition coefficient (Wildman–Crippen LogP) is 1.27. The van der Waals surface area contributed by atoms with Crippen molar-refractivity contribution in [1.82, 2.24) is 5.32 Å². The zero-order valence-electron chi connectivity index (χ0n) is 13.4. The third-order valence-electron chi connectivity index (χ3n) is 4.79. The maximum absolute atomic E-state index is 13.0. The summed E-state index contributed by atoms with van der Waals surface area (Å²) in [6, 6.07) is 10.7. The molecule has 25 heavy (non-hydrogen) atoms. The number of nitrogens with zero attached hydrogens (tertiary/aromatic N) is 1. The molecule has 7 nitrogen and oxygen atoms in total. The molecule has 0 aliphatic carbocycles. The zero-order chi connectivity index (χ0) is 17.6. The van der Waals surface area contributed by atoms with E-state index in [0.29, 0.717) is 11.4 Å². The molecule has 128 valence electrons. The number of benzene rings is 1. The molecule has 4 atom stereocenters. The van der Waals surface area contributed by atoms with Crippen LogP contribution in [0.5, 0.6) is 0 Å². The average Bonchev–Trinajstić information content (AvgIpc) is 3.33. The molecule has 2 aliphatic rings. The molecule has 0 radical (unpaired) electrons. The molecular weight excluding hydrogens is 324 g/mol. The number of nitrogens with one attached hydrogen (secondary N) is 1. The van der Waals surface area contributed by atoms with Gasteiger partial charge in [-0.05, 0) is 24.3 Å². The van der Waals surface area contributed by atoms with Gasteiger partial charge in [0, 0.05) is 0 Å². The molecule has 1 N–H and O–H groups in total. The molecule has 0 saturated carbocycles. The number of methoxy groups -OCH3 is 1. The molecule has 0 spiro atoms. The number of imide groups is 1. The van der Waals surface area contributed by atoms with E-state index in [9.17, 15) is 14.4 Å². The Morgan fingerprint density at radius 2 is 1.80 bits per heavy atom. The highest BCUT2D eigenvalue weighted by Crippen LogP contribution is 2.45. The van der Waals surface area contributed by atoms with Gasteiger partial charge in [0.15, 0.2) is 0 Å². The van der Waals surface area contributed by atoms with Crippen molar-refractivity contribution in [1.29, 1.82) is 0 Å². The van der Waals surface area contributed by atoms with E-state index in [1.54, 1.807) is 42.5 Å². The number of para-hydroxylation sites is 1. The molecule has 4 rings (SSSR count). The van der Waals surface area contributed by atoms with Crippen molar-refractivity contribution in [2.75, 3.05) is 12.0 Å². The summed E-state index contributed by atoms with van der Waals surface area (Å²) in [5, 5.41) is 3.04. The van der Waals surface area contributed by atoms with Crippen LogP contribution in [0.1, 0.15) is 11.8 Å². The Morgan fingerprint density at radius 3 is 2.44 bits per heavy atom. The lowest BCUT2D eigenvalue weighted by molar-refractivity contribution is -0.145. The van der Waals surface area contributed by atoms with Crippen LogP contribution in [-0.2, 0) is 19.1 Å². The number of furan rings is 1. The number of hydrogen-bond acceptors (Lipinski definition) is 6. The fraction of sp³-hybridized carbons (Fsp3) is 0.278. The van der Waals surface area contributed by atoms with Crippen LogP contribution in [0.2, 0.25) is 0 Å². The Hall–Kier alpha value is -2.93. The van der Waals surface area contributed by atoms with Crippen LogP contribution in [0.3, 0.4) is 0 Å². The summed E-state index contributed by atoms with van der Waals surface area (Å²) in [6.45, 7) is 0. The number of ether oxygens (including phenoxy) is 1. The fourth-order valence-corrected chi connectivity index (χ4v) is 3.72. The number of amides is 2. The van der Waals surface area contributed by atoms with Gasteiger partial charge in [0.05, 0.1) is 36.9 Å². The fourth-order valence-electron chi connectivity index (χ4n) is 3.72. The minimum Gasteiger partial charge on any atom is -0.468 e. The average molecular weight is 340 g/mol. The highest BCUT2D eigenvalue weighted by Gasteiger charge is 2.62. The van der Waals surface area contributed by atoms with E-state index in [2.05, 4.69) is 5.32 Å². The third-order valence-corrected chi connectivity index (χ3v) is 4.79. The van der Waals surface area contributed by atoms with Crippen molar-refractivity contribution in [3.8, 4) is 0 Å². The molecule has 1 aromatic carbocycles. The van der Waals surface area contributed by atoms with E-state index in [4.69, 9.17) is 9.15 Å². The Bertz CT molecular complexity index is 817. The molecule has 2 saturated heterocycles. The van der Waals surface area contributed by atoms with Gasteiger partial charge in [0.2, 0.25) is 11.8 Å². The first kappa shape index (κ1) is 15.6. The number of carbonyl (C=O) groups excluding carboxylic acids is 3. The Labute approximate surface area is 143 Å². The maximum atomic E-state index is 13.0. The van der Waals surface area contributed by atoms with Gasteiger partial charge >= 0.3 is 5.97 Å². The largest absolute Gasteiger partial charge is 0.468 e. The second-order valence-corrected chi connectivity index (χ2v) is 6.06. The first-order chi connectivity index (χ1) is 12.1. The SMILES string of the molecule is COC(=O)[C@@H]1N[C@H](c2ccco2)[C@@H]2C(=O)N(c3ccccc3)C(=O)[C@@H]21. The number of hydrogen-bond donors (Lipinski definition) is 1. The summed E-state index contributed by atoms with van der Waals surface area (Å²) in [4.78, 5) is 39.3. The van der Waals surface area contributed by atoms with Gasteiger partial charge in [0.25, 0.3) is 0 Å². The van der Waals surface area contributed by atoms with Crippen molar-refractivity contribution in [2.24, 2.45) is 11.8 Å². The first-order valence-electron chi connectivity index (χ1n) is 7.93. The van der Waals surface area contributed by atoms with Crippen LogP contribution in [0.4, 0.5) is 5.69 Å². The van der Waals surface area contributed by atoms with Gasteiger partial charge in [-0.3, -0.25) is 19.7 Å². The van der Waals surface area contributed by atoms with E-state index >= 15 is 0 Å². The summed E-state index contributed by atoms with van der Waals surface area (Å²) in [7, 11) is 1.26. The van der Waals surface area contributed by atoms with E-state index in [1.165, 1.54) is 13.4 Å². The number of fused-ring (bicyclic) bond motifs is 1. The van der Waals surface area contributed by atoms with Crippen molar-refractivity contribution < 1.29 is 23.5 Å². The first-order valence-corrected chi connectivity index (χ1v) is 7.93. The minimum atomic E-state index is -0.893. The molecule has 0 unspecified atom stereocenters. The van der Waals surface area contributed by atoms with Crippen LogP contribution in [0.25, 0.3) is 0 Å². The number of rotatable bonds is 3. The van der Waals surface area contributed by atoms with Gasteiger partial charge in [0.1, 0.15) is 11.8 Å². The standard InChI is InChI=1S/C18H16N2O5/c1-24-18(23)15-13-12(14(19-15)11-8-5-9-25-11)16(21)20(17(13)22)10-6-3-2-4-7-10/h2-9,12-15,19H,1H3/t12-,13+,14-,15-/m1/s1. The van der Waals surface area contributed by atoms with Gasteiger partial charge in [-0.1, -0.05) is 18.2 Å². The summed E-state index contributed by atoms with van der Waals surface area (Å²) in [5.74, 6) is -2.35. The molecular formula is C18H16N2O5. The van der Waals surface area contributed by atoms with E-state index in [0.717, 1.165) is 4.90 Å². The number of anilines is 1. The summed E-state index contributed by atoms with van der Waals surface area (Å²) < 4.78 is 10.2. The topological polar surface area (TPSA) is 88.8 Å². The highest BCUT2D eigenvalue weighted by atomic mass is 16.5. The second kappa shape index (κ2) is 5.86. The Balaban J connectivity index is 1.77. The van der Waals surface area contributed by atoms with Crippen molar-refractivity contribution in [2.45, 2.75) is 12.1 Å². The van der Waals surface area contributed by atoms with Crippen LogP contribution in [0, 0.1) is 11.8 Å². The number of esters is 1. The van der Waals surface area contributed by atoms with E-state index < -0.39 is 35.8 Å².